The largest absolute Gasteiger partial charge is 0.392 e. The standard InChI is InChI=1S/C6H6.CH5OP/c1-2-4-6-5-3-1;2-1-3/h1-6H;2H,1,3H2. The predicted molar refractivity (Wildman–Crippen MR) is 43.2 cm³/mol. The smallest absolute Gasteiger partial charge is 0.0567 e. The molecule has 1 nitrogen and oxygen atoms in total. The van der Waals surface area contributed by atoms with Gasteiger partial charge in [0.25, 0.3) is 0 Å². The Bertz CT molecular complexity index is 91.8. The van der Waals surface area contributed by atoms with Crippen LogP contribution in [0.2, 0.25) is 0 Å². The fraction of sp³-hybridized carbons (Fsp3) is 0.143. The van der Waals surface area contributed by atoms with E-state index in [-0.39, 0.29) is 6.35 Å². The number of hydrogen-bond acceptors (Lipinski definition) is 1. The summed E-state index contributed by atoms with van der Waals surface area (Å²) in [5, 5.41) is 7.53. The first-order valence-electron chi connectivity index (χ1n) is 2.72. The second-order valence-electron chi connectivity index (χ2n) is 1.34. The molecule has 1 rings (SSSR count). The monoisotopic (exact) mass is 142 g/mol. The molecule has 1 unspecified atom stereocenters. The Labute approximate surface area is 57.9 Å². The van der Waals surface area contributed by atoms with Crippen LogP contribution in [0, 0.1) is 0 Å². The molecule has 9 heavy (non-hydrogen) atoms. The van der Waals surface area contributed by atoms with Gasteiger partial charge in [-0.1, -0.05) is 36.4 Å². The van der Waals surface area contributed by atoms with Crippen LogP contribution >= 0.6 is 9.24 Å². The SMILES string of the molecule is OCP.c1ccccc1. The molecule has 0 bridgehead atoms. The van der Waals surface area contributed by atoms with Gasteiger partial charge in [-0.2, -0.15) is 0 Å². The summed E-state index contributed by atoms with van der Waals surface area (Å²) in [5.41, 5.74) is 0. The normalized spacial score (nSPS) is 7.33. The molecule has 1 aromatic rings. The van der Waals surface area contributed by atoms with Gasteiger partial charge in [0.05, 0.1) is 6.35 Å². The Morgan fingerprint density at radius 2 is 1.00 bits per heavy atom. The summed E-state index contributed by atoms with van der Waals surface area (Å²) in [6, 6.07) is 12.0. The van der Waals surface area contributed by atoms with Crippen molar-refractivity contribution in [3.8, 4) is 0 Å². The van der Waals surface area contributed by atoms with Gasteiger partial charge < -0.3 is 5.11 Å². The summed E-state index contributed by atoms with van der Waals surface area (Å²) in [6.07, 6.45) is 0.167. The first kappa shape index (κ1) is 8.61. The van der Waals surface area contributed by atoms with Gasteiger partial charge in [-0.3, -0.25) is 0 Å². The van der Waals surface area contributed by atoms with Crippen molar-refractivity contribution in [3.05, 3.63) is 36.4 Å². The van der Waals surface area contributed by atoms with Crippen molar-refractivity contribution in [2.45, 2.75) is 0 Å². The van der Waals surface area contributed by atoms with E-state index in [4.69, 9.17) is 5.11 Å². The molecule has 0 heterocycles. The van der Waals surface area contributed by atoms with Gasteiger partial charge in [-0.25, -0.2) is 0 Å². The van der Waals surface area contributed by atoms with Crippen LogP contribution in [0.15, 0.2) is 36.4 Å². The van der Waals surface area contributed by atoms with Gasteiger partial charge in [0.2, 0.25) is 0 Å². The summed E-state index contributed by atoms with van der Waals surface area (Å²) >= 11 is 0. The van der Waals surface area contributed by atoms with E-state index in [0.717, 1.165) is 0 Å². The van der Waals surface area contributed by atoms with Crippen LogP contribution in [0.3, 0.4) is 0 Å². The van der Waals surface area contributed by atoms with E-state index in [0.29, 0.717) is 0 Å². The van der Waals surface area contributed by atoms with Crippen LogP contribution in [-0.4, -0.2) is 11.5 Å². The van der Waals surface area contributed by atoms with E-state index in [2.05, 4.69) is 9.24 Å². The van der Waals surface area contributed by atoms with Gasteiger partial charge >= 0.3 is 0 Å². The van der Waals surface area contributed by atoms with Gasteiger partial charge in [-0.15, -0.1) is 9.24 Å². The number of benzene rings is 1. The lowest BCUT2D eigenvalue weighted by Crippen LogP contribution is -1.47. The van der Waals surface area contributed by atoms with Crippen molar-refractivity contribution < 1.29 is 5.11 Å². The molecule has 0 aliphatic carbocycles. The highest BCUT2D eigenvalue weighted by molar-refractivity contribution is 7.16. The Kier molecular flexibility index (Phi) is 7.28. The maximum atomic E-state index is 7.53. The second kappa shape index (κ2) is 7.61. The third kappa shape index (κ3) is 7.61. The van der Waals surface area contributed by atoms with Crippen molar-refractivity contribution in [2.24, 2.45) is 0 Å². The maximum Gasteiger partial charge on any atom is 0.0567 e. The molecule has 0 fully saturated rings. The second-order valence-corrected chi connectivity index (χ2v) is 1.70. The van der Waals surface area contributed by atoms with Crippen molar-refractivity contribution in [3.63, 3.8) is 0 Å². The summed E-state index contributed by atoms with van der Waals surface area (Å²) in [5.74, 6) is 0. The van der Waals surface area contributed by atoms with Crippen LogP contribution in [0.5, 0.6) is 0 Å². The van der Waals surface area contributed by atoms with Crippen molar-refractivity contribution in [2.75, 3.05) is 6.35 Å². The van der Waals surface area contributed by atoms with Crippen molar-refractivity contribution in [1.82, 2.24) is 0 Å². The van der Waals surface area contributed by atoms with E-state index < -0.39 is 0 Å². The zero-order valence-corrected chi connectivity index (χ0v) is 6.35. The number of aliphatic hydroxyl groups excluding tert-OH is 1. The molecule has 0 amide bonds. The summed E-state index contributed by atoms with van der Waals surface area (Å²) < 4.78 is 0. The predicted octanol–water partition coefficient (Wildman–Crippen LogP) is 1.50. The van der Waals surface area contributed by atoms with E-state index >= 15 is 0 Å². The van der Waals surface area contributed by atoms with Gasteiger partial charge in [-0.05, 0) is 0 Å². The molecule has 0 aromatic heterocycles. The molecule has 50 valence electrons. The van der Waals surface area contributed by atoms with E-state index in [9.17, 15) is 0 Å². The average molecular weight is 142 g/mol. The quantitative estimate of drug-likeness (QED) is 0.544. The average Bonchev–Trinajstić information content (AvgIpc) is 1.93. The lowest BCUT2D eigenvalue weighted by molar-refractivity contribution is 0.375. The molecular formula is C7H11OP. The van der Waals surface area contributed by atoms with E-state index in [1.807, 2.05) is 36.4 Å². The molecule has 1 N–H and O–H groups in total. The Hall–Kier alpha value is -0.390. The molecule has 1 atom stereocenters. The van der Waals surface area contributed by atoms with E-state index in [1.54, 1.807) is 0 Å². The number of hydrogen-bond donors (Lipinski definition) is 1. The molecule has 0 aliphatic rings. The first-order chi connectivity index (χ1) is 4.41. The fourth-order valence-electron chi connectivity index (χ4n) is 0.385. The molecule has 0 saturated heterocycles. The lowest BCUT2D eigenvalue weighted by Gasteiger charge is -1.69. The topological polar surface area (TPSA) is 20.2 Å². The Morgan fingerprint density at radius 1 is 0.889 bits per heavy atom. The third-order valence-electron chi connectivity index (χ3n) is 0.667. The number of aliphatic hydroxyl groups is 1. The molecule has 0 spiro atoms. The molecule has 0 radical (unpaired) electrons. The maximum absolute atomic E-state index is 7.53. The highest BCUT2D eigenvalue weighted by Crippen LogP contribution is 1.79. The lowest BCUT2D eigenvalue weighted by atomic mass is 10.4. The minimum Gasteiger partial charge on any atom is -0.392 e. The summed E-state index contributed by atoms with van der Waals surface area (Å²) in [7, 11) is 2.13. The first-order valence-corrected chi connectivity index (χ1v) is 3.54. The van der Waals surface area contributed by atoms with Crippen LogP contribution in [0.1, 0.15) is 0 Å². The molecule has 2 heteroatoms. The fourth-order valence-corrected chi connectivity index (χ4v) is 0.385. The zero-order valence-electron chi connectivity index (χ0n) is 5.20. The van der Waals surface area contributed by atoms with Crippen molar-refractivity contribution in [1.29, 1.82) is 0 Å². The highest BCUT2D eigenvalue weighted by Gasteiger charge is 1.57. The van der Waals surface area contributed by atoms with Crippen molar-refractivity contribution >= 4 is 9.24 Å². The zero-order chi connectivity index (χ0) is 6.95. The third-order valence-corrected chi connectivity index (χ3v) is 0.667. The van der Waals surface area contributed by atoms with Crippen LogP contribution < -0.4 is 0 Å². The number of rotatable bonds is 0. The molecular weight excluding hydrogens is 131 g/mol. The van der Waals surface area contributed by atoms with Crippen LogP contribution in [0.4, 0.5) is 0 Å². The van der Waals surface area contributed by atoms with E-state index in [1.165, 1.54) is 0 Å². The molecule has 0 saturated carbocycles. The molecule has 0 aliphatic heterocycles. The van der Waals surface area contributed by atoms with Gasteiger partial charge in [0, 0.05) is 0 Å². The summed E-state index contributed by atoms with van der Waals surface area (Å²) in [4.78, 5) is 0. The minimum atomic E-state index is 0.167. The van der Waals surface area contributed by atoms with Crippen LogP contribution in [-0.2, 0) is 0 Å². The highest BCUT2D eigenvalue weighted by atomic mass is 31.0. The Morgan fingerprint density at radius 3 is 1.11 bits per heavy atom. The minimum absolute atomic E-state index is 0.167. The molecule has 1 aromatic carbocycles. The Balaban J connectivity index is 0.000000187. The van der Waals surface area contributed by atoms with Gasteiger partial charge in [0.15, 0.2) is 0 Å². The van der Waals surface area contributed by atoms with Crippen LogP contribution in [0.25, 0.3) is 0 Å². The summed E-state index contributed by atoms with van der Waals surface area (Å²) in [6.45, 7) is 0. The van der Waals surface area contributed by atoms with Gasteiger partial charge in [0.1, 0.15) is 0 Å².